The van der Waals surface area contributed by atoms with E-state index in [0.29, 0.717) is 24.6 Å². The van der Waals surface area contributed by atoms with Crippen LogP contribution in [-0.4, -0.2) is 19.1 Å². The summed E-state index contributed by atoms with van der Waals surface area (Å²) in [6.07, 6.45) is 0.348. The molecule has 0 spiro atoms. The van der Waals surface area contributed by atoms with Crippen LogP contribution < -0.4 is 10.1 Å². The van der Waals surface area contributed by atoms with Crippen molar-refractivity contribution in [1.29, 1.82) is 0 Å². The molecule has 0 saturated heterocycles. The Bertz CT molecular complexity index is 638. The Hall–Kier alpha value is -2.00. The minimum atomic E-state index is -0.0217. The summed E-state index contributed by atoms with van der Waals surface area (Å²) in [5.41, 5.74) is 3.26. The molecule has 2 aromatic rings. The fourth-order valence-corrected chi connectivity index (χ4v) is 2.29. The molecular weight excluding hydrogens is 298 g/mol. The molecule has 0 heterocycles. The highest BCUT2D eigenvalue weighted by molar-refractivity contribution is 6.30. The van der Waals surface area contributed by atoms with E-state index in [1.165, 1.54) is 5.56 Å². The number of amides is 1. The van der Waals surface area contributed by atoms with Gasteiger partial charge in [-0.25, -0.2) is 0 Å². The third-order valence-corrected chi connectivity index (χ3v) is 3.54. The zero-order chi connectivity index (χ0) is 15.9. The second kappa shape index (κ2) is 7.85. The zero-order valence-electron chi connectivity index (χ0n) is 12.9. The van der Waals surface area contributed by atoms with Crippen LogP contribution in [0, 0.1) is 13.8 Å². The Morgan fingerprint density at radius 1 is 1.14 bits per heavy atom. The van der Waals surface area contributed by atoms with Crippen LogP contribution in [0.2, 0.25) is 5.02 Å². The highest BCUT2D eigenvalue weighted by Crippen LogP contribution is 2.18. The van der Waals surface area contributed by atoms with Crippen LogP contribution in [0.5, 0.6) is 5.75 Å². The number of hydrogen-bond donors (Lipinski definition) is 1. The molecule has 116 valence electrons. The van der Waals surface area contributed by atoms with Crippen molar-refractivity contribution in [2.75, 3.05) is 13.2 Å². The lowest BCUT2D eigenvalue weighted by Crippen LogP contribution is -2.29. The lowest BCUT2D eigenvalue weighted by atomic mass is 10.1. The maximum absolute atomic E-state index is 11.8. The average Bonchev–Trinajstić information content (AvgIpc) is 2.48. The van der Waals surface area contributed by atoms with Crippen molar-refractivity contribution in [3.8, 4) is 5.75 Å². The van der Waals surface area contributed by atoms with Crippen molar-refractivity contribution in [2.24, 2.45) is 0 Å². The van der Waals surface area contributed by atoms with E-state index in [2.05, 4.69) is 11.4 Å². The van der Waals surface area contributed by atoms with Gasteiger partial charge in [0.05, 0.1) is 13.0 Å². The Morgan fingerprint density at radius 2 is 1.86 bits per heavy atom. The molecule has 1 amide bonds. The van der Waals surface area contributed by atoms with Crippen molar-refractivity contribution in [3.63, 3.8) is 0 Å². The minimum absolute atomic E-state index is 0.0217. The number of ether oxygens (including phenoxy) is 1. The summed E-state index contributed by atoms with van der Waals surface area (Å²) >= 11 is 5.81. The Kier molecular flexibility index (Phi) is 5.84. The van der Waals surface area contributed by atoms with Crippen LogP contribution in [0.25, 0.3) is 0 Å². The standard InChI is InChI=1S/C18H20ClNO2/c1-13-3-8-17(14(2)11-13)22-10-9-20-18(21)12-15-4-6-16(19)7-5-15/h3-8,11H,9-10,12H2,1-2H3,(H,20,21). The fourth-order valence-electron chi connectivity index (χ4n) is 2.16. The van der Waals surface area contributed by atoms with Crippen LogP contribution in [0.1, 0.15) is 16.7 Å². The largest absolute Gasteiger partial charge is 0.491 e. The minimum Gasteiger partial charge on any atom is -0.491 e. The molecule has 0 atom stereocenters. The van der Waals surface area contributed by atoms with Crippen LogP contribution in [0.4, 0.5) is 0 Å². The van der Waals surface area contributed by atoms with Crippen molar-refractivity contribution in [3.05, 3.63) is 64.2 Å². The number of nitrogens with one attached hydrogen (secondary N) is 1. The first-order valence-electron chi connectivity index (χ1n) is 7.26. The molecule has 0 fully saturated rings. The fraction of sp³-hybridized carbons (Fsp3) is 0.278. The van der Waals surface area contributed by atoms with Crippen molar-refractivity contribution in [1.82, 2.24) is 5.32 Å². The van der Waals surface area contributed by atoms with Gasteiger partial charge in [-0.2, -0.15) is 0 Å². The molecule has 1 N–H and O–H groups in total. The first-order valence-corrected chi connectivity index (χ1v) is 7.63. The average molecular weight is 318 g/mol. The Labute approximate surface area is 136 Å². The van der Waals surface area contributed by atoms with E-state index in [9.17, 15) is 4.79 Å². The second-order valence-electron chi connectivity index (χ2n) is 5.27. The van der Waals surface area contributed by atoms with Gasteiger partial charge in [-0.05, 0) is 43.2 Å². The van der Waals surface area contributed by atoms with Gasteiger partial charge < -0.3 is 10.1 Å². The summed E-state index contributed by atoms with van der Waals surface area (Å²) < 4.78 is 5.68. The van der Waals surface area contributed by atoms with Crippen molar-refractivity contribution < 1.29 is 9.53 Å². The topological polar surface area (TPSA) is 38.3 Å². The molecule has 4 heteroatoms. The second-order valence-corrected chi connectivity index (χ2v) is 5.71. The molecule has 3 nitrogen and oxygen atoms in total. The molecule has 2 aromatic carbocycles. The predicted octanol–water partition coefficient (Wildman–Crippen LogP) is 3.69. The van der Waals surface area contributed by atoms with Gasteiger partial charge in [0.15, 0.2) is 0 Å². The number of benzene rings is 2. The van der Waals surface area contributed by atoms with Gasteiger partial charge >= 0.3 is 0 Å². The Balaban J connectivity index is 1.72. The van der Waals surface area contributed by atoms with E-state index in [1.807, 2.05) is 38.1 Å². The van der Waals surface area contributed by atoms with Gasteiger partial charge in [0.25, 0.3) is 0 Å². The van der Waals surface area contributed by atoms with Crippen LogP contribution >= 0.6 is 11.6 Å². The van der Waals surface area contributed by atoms with Crippen LogP contribution in [-0.2, 0) is 11.2 Å². The summed E-state index contributed by atoms with van der Waals surface area (Å²) in [5, 5.41) is 3.52. The maximum Gasteiger partial charge on any atom is 0.224 e. The van der Waals surface area contributed by atoms with Gasteiger partial charge in [0.1, 0.15) is 12.4 Å². The SMILES string of the molecule is Cc1ccc(OCCNC(=O)Cc2ccc(Cl)cc2)c(C)c1. The van der Waals surface area contributed by atoms with E-state index in [4.69, 9.17) is 16.3 Å². The molecule has 0 radical (unpaired) electrons. The first kappa shape index (κ1) is 16.4. The third kappa shape index (κ3) is 5.08. The van der Waals surface area contributed by atoms with Crippen molar-refractivity contribution >= 4 is 17.5 Å². The molecule has 0 aliphatic heterocycles. The molecule has 2 rings (SSSR count). The highest BCUT2D eigenvalue weighted by Gasteiger charge is 2.04. The van der Waals surface area contributed by atoms with E-state index >= 15 is 0 Å². The summed E-state index contributed by atoms with van der Waals surface area (Å²) in [7, 11) is 0. The molecule has 0 unspecified atom stereocenters. The normalized spacial score (nSPS) is 10.3. The quantitative estimate of drug-likeness (QED) is 0.825. The first-order chi connectivity index (χ1) is 10.5. The van der Waals surface area contributed by atoms with Gasteiger partial charge in [-0.15, -0.1) is 0 Å². The summed E-state index contributed by atoms with van der Waals surface area (Å²) in [5.74, 6) is 0.837. The third-order valence-electron chi connectivity index (χ3n) is 3.29. The highest BCUT2D eigenvalue weighted by atomic mass is 35.5. The summed E-state index contributed by atoms with van der Waals surface area (Å²) in [6, 6.07) is 13.3. The van der Waals surface area contributed by atoms with E-state index in [1.54, 1.807) is 12.1 Å². The number of hydrogen-bond acceptors (Lipinski definition) is 2. The van der Waals surface area contributed by atoms with Crippen LogP contribution in [0.15, 0.2) is 42.5 Å². The smallest absolute Gasteiger partial charge is 0.224 e. The van der Waals surface area contributed by atoms with E-state index in [0.717, 1.165) is 16.9 Å². The number of carbonyl (C=O) groups excluding carboxylic acids is 1. The van der Waals surface area contributed by atoms with E-state index in [-0.39, 0.29) is 5.91 Å². The zero-order valence-corrected chi connectivity index (χ0v) is 13.6. The predicted molar refractivity (Wildman–Crippen MR) is 89.6 cm³/mol. The monoisotopic (exact) mass is 317 g/mol. The lowest BCUT2D eigenvalue weighted by molar-refractivity contribution is -0.120. The summed E-state index contributed by atoms with van der Waals surface area (Å²) in [6.45, 7) is 5.01. The van der Waals surface area contributed by atoms with Crippen molar-refractivity contribution in [2.45, 2.75) is 20.3 Å². The van der Waals surface area contributed by atoms with Crippen LogP contribution in [0.3, 0.4) is 0 Å². The molecule has 0 aliphatic rings. The van der Waals surface area contributed by atoms with E-state index < -0.39 is 0 Å². The van der Waals surface area contributed by atoms with Gasteiger partial charge in [-0.3, -0.25) is 4.79 Å². The maximum atomic E-state index is 11.8. The molecular formula is C18H20ClNO2. The Morgan fingerprint density at radius 3 is 2.55 bits per heavy atom. The molecule has 0 aromatic heterocycles. The number of carbonyl (C=O) groups is 1. The molecule has 22 heavy (non-hydrogen) atoms. The molecule has 0 bridgehead atoms. The number of aryl methyl sites for hydroxylation is 2. The summed E-state index contributed by atoms with van der Waals surface area (Å²) in [4.78, 5) is 11.8. The molecule has 0 saturated carbocycles. The lowest BCUT2D eigenvalue weighted by Gasteiger charge is -2.10. The molecule has 0 aliphatic carbocycles. The van der Waals surface area contributed by atoms with Gasteiger partial charge in [0, 0.05) is 5.02 Å². The van der Waals surface area contributed by atoms with Gasteiger partial charge in [-0.1, -0.05) is 41.4 Å². The van der Waals surface area contributed by atoms with Gasteiger partial charge in [0.2, 0.25) is 5.91 Å². The number of halogens is 1. The number of rotatable bonds is 6.